The van der Waals surface area contributed by atoms with Crippen molar-refractivity contribution in [1.29, 1.82) is 0 Å². The number of aliphatic imine (C=N–C) groups is 1. The van der Waals surface area contributed by atoms with Crippen LogP contribution >= 0.6 is 24.0 Å². The molecule has 0 radical (unpaired) electrons. The van der Waals surface area contributed by atoms with Gasteiger partial charge in [0.05, 0.1) is 6.54 Å². The Morgan fingerprint density at radius 1 is 1.29 bits per heavy atom. The Morgan fingerprint density at radius 2 is 2.08 bits per heavy atom. The molecule has 0 bridgehead atoms. The fourth-order valence-electron chi connectivity index (χ4n) is 2.98. The minimum absolute atomic E-state index is 0. The second-order valence-electron chi connectivity index (χ2n) is 6.07. The van der Waals surface area contributed by atoms with Crippen molar-refractivity contribution in [2.24, 2.45) is 10.9 Å². The lowest BCUT2D eigenvalue weighted by Gasteiger charge is -2.32. The maximum atomic E-state index is 13.7. The fourth-order valence-corrected chi connectivity index (χ4v) is 2.98. The molecule has 1 aromatic rings. The summed E-state index contributed by atoms with van der Waals surface area (Å²) in [5, 5.41) is 6.65. The highest BCUT2D eigenvalue weighted by atomic mass is 127. The zero-order valence-corrected chi connectivity index (χ0v) is 17.1. The number of benzene rings is 1. The van der Waals surface area contributed by atoms with Gasteiger partial charge in [0.15, 0.2) is 5.96 Å². The molecule has 1 aromatic carbocycles. The fraction of sp³-hybridized carbons (Fsp3) is 0.611. The van der Waals surface area contributed by atoms with Crippen LogP contribution in [0, 0.1) is 11.7 Å². The summed E-state index contributed by atoms with van der Waals surface area (Å²) >= 11 is 0. The molecule has 136 valence electrons. The molecule has 1 aliphatic rings. The third kappa shape index (κ3) is 6.93. The lowest BCUT2D eigenvalue weighted by atomic mass is 9.98. The summed E-state index contributed by atoms with van der Waals surface area (Å²) < 4.78 is 13.7. The van der Waals surface area contributed by atoms with Crippen molar-refractivity contribution in [3.63, 3.8) is 0 Å². The van der Waals surface area contributed by atoms with E-state index in [0.29, 0.717) is 18.0 Å². The minimum atomic E-state index is -0.196. The highest BCUT2D eigenvalue weighted by molar-refractivity contribution is 14.0. The number of rotatable bonds is 6. The summed E-state index contributed by atoms with van der Waals surface area (Å²) in [4.78, 5) is 7.01. The van der Waals surface area contributed by atoms with Gasteiger partial charge in [0.2, 0.25) is 0 Å². The number of piperidine rings is 1. The maximum absolute atomic E-state index is 13.7. The SMILES string of the molecule is CCNC(=NCc1ccccc1F)NCC1CCCN(CC)C1.I. The van der Waals surface area contributed by atoms with Crippen molar-refractivity contribution in [3.05, 3.63) is 35.6 Å². The van der Waals surface area contributed by atoms with E-state index in [1.807, 2.05) is 13.0 Å². The number of hydrogen-bond acceptors (Lipinski definition) is 2. The zero-order chi connectivity index (χ0) is 16.5. The molecule has 0 spiro atoms. The molecule has 0 aliphatic carbocycles. The van der Waals surface area contributed by atoms with Gasteiger partial charge < -0.3 is 15.5 Å². The van der Waals surface area contributed by atoms with Crippen molar-refractivity contribution < 1.29 is 4.39 Å². The van der Waals surface area contributed by atoms with Gasteiger partial charge in [0, 0.05) is 25.2 Å². The maximum Gasteiger partial charge on any atom is 0.191 e. The van der Waals surface area contributed by atoms with E-state index >= 15 is 0 Å². The van der Waals surface area contributed by atoms with Gasteiger partial charge in [-0.15, -0.1) is 24.0 Å². The monoisotopic (exact) mass is 448 g/mol. The highest BCUT2D eigenvalue weighted by Gasteiger charge is 2.18. The van der Waals surface area contributed by atoms with E-state index in [1.165, 1.54) is 25.5 Å². The topological polar surface area (TPSA) is 39.7 Å². The second kappa shape index (κ2) is 11.6. The molecule has 1 fully saturated rings. The van der Waals surface area contributed by atoms with Gasteiger partial charge >= 0.3 is 0 Å². The molecule has 0 saturated carbocycles. The first-order valence-corrected chi connectivity index (χ1v) is 8.70. The van der Waals surface area contributed by atoms with E-state index in [1.54, 1.807) is 12.1 Å². The Labute approximate surface area is 162 Å². The van der Waals surface area contributed by atoms with E-state index in [2.05, 4.69) is 27.4 Å². The average molecular weight is 448 g/mol. The van der Waals surface area contributed by atoms with Crippen molar-refractivity contribution in [2.45, 2.75) is 33.2 Å². The first kappa shape index (κ1) is 21.2. The zero-order valence-electron chi connectivity index (χ0n) is 14.7. The molecule has 1 heterocycles. The molecule has 2 N–H and O–H groups in total. The van der Waals surface area contributed by atoms with Gasteiger partial charge in [-0.05, 0) is 44.8 Å². The summed E-state index contributed by atoms with van der Waals surface area (Å²) in [5.41, 5.74) is 0.625. The summed E-state index contributed by atoms with van der Waals surface area (Å²) in [6, 6.07) is 6.80. The first-order valence-electron chi connectivity index (χ1n) is 8.70. The summed E-state index contributed by atoms with van der Waals surface area (Å²) in [5.74, 6) is 1.23. The smallest absolute Gasteiger partial charge is 0.191 e. The molecule has 1 aliphatic heterocycles. The minimum Gasteiger partial charge on any atom is -0.357 e. The van der Waals surface area contributed by atoms with Crippen molar-refractivity contribution in [2.75, 3.05) is 32.7 Å². The lowest BCUT2D eigenvalue weighted by Crippen LogP contribution is -2.44. The number of nitrogens with one attached hydrogen (secondary N) is 2. The molecule has 1 saturated heterocycles. The first-order chi connectivity index (χ1) is 11.2. The molecule has 4 nitrogen and oxygen atoms in total. The Hall–Kier alpha value is -0.890. The Morgan fingerprint density at radius 3 is 2.79 bits per heavy atom. The molecular weight excluding hydrogens is 418 g/mol. The second-order valence-corrected chi connectivity index (χ2v) is 6.07. The number of halogens is 2. The van der Waals surface area contributed by atoms with Crippen LogP contribution in [0.4, 0.5) is 4.39 Å². The molecular formula is C18H30FIN4. The van der Waals surface area contributed by atoms with Crippen LogP contribution in [-0.4, -0.2) is 43.6 Å². The van der Waals surface area contributed by atoms with Gasteiger partial charge in [-0.1, -0.05) is 25.1 Å². The third-order valence-electron chi connectivity index (χ3n) is 4.32. The van der Waals surface area contributed by atoms with Crippen molar-refractivity contribution >= 4 is 29.9 Å². The van der Waals surface area contributed by atoms with E-state index in [0.717, 1.165) is 32.1 Å². The molecule has 2 rings (SSSR count). The Bertz CT molecular complexity index is 510. The van der Waals surface area contributed by atoms with Crippen LogP contribution in [0.5, 0.6) is 0 Å². The van der Waals surface area contributed by atoms with Crippen LogP contribution in [0.2, 0.25) is 0 Å². The lowest BCUT2D eigenvalue weighted by molar-refractivity contribution is 0.183. The summed E-state index contributed by atoms with van der Waals surface area (Å²) in [6.45, 7) is 9.82. The summed E-state index contributed by atoms with van der Waals surface area (Å²) in [6.07, 6.45) is 2.53. The highest BCUT2D eigenvalue weighted by Crippen LogP contribution is 2.15. The molecule has 1 unspecified atom stereocenters. The van der Waals surface area contributed by atoms with E-state index in [9.17, 15) is 4.39 Å². The van der Waals surface area contributed by atoms with Gasteiger partial charge in [-0.25, -0.2) is 9.38 Å². The molecule has 0 aromatic heterocycles. The van der Waals surface area contributed by atoms with Crippen LogP contribution in [-0.2, 0) is 6.54 Å². The van der Waals surface area contributed by atoms with Gasteiger partial charge in [-0.3, -0.25) is 0 Å². The average Bonchev–Trinajstić information content (AvgIpc) is 2.59. The Kier molecular flexibility index (Phi) is 10.2. The quantitative estimate of drug-likeness (QED) is 0.399. The predicted octanol–water partition coefficient (Wildman–Crippen LogP) is 3.23. The van der Waals surface area contributed by atoms with Crippen LogP contribution < -0.4 is 10.6 Å². The number of hydrogen-bond donors (Lipinski definition) is 2. The molecule has 0 amide bonds. The largest absolute Gasteiger partial charge is 0.357 e. The molecule has 24 heavy (non-hydrogen) atoms. The van der Waals surface area contributed by atoms with Crippen LogP contribution in [0.3, 0.4) is 0 Å². The molecule has 1 atom stereocenters. The number of likely N-dealkylation sites (tertiary alicyclic amines) is 1. The van der Waals surface area contributed by atoms with E-state index in [-0.39, 0.29) is 29.8 Å². The Balaban J connectivity index is 0.00000288. The van der Waals surface area contributed by atoms with Crippen LogP contribution in [0.15, 0.2) is 29.3 Å². The normalized spacial score (nSPS) is 18.8. The third-order valence-corrected chi connectivity index (χ3v) is 4.32. The van der Waals surface area contributed by atoms with Crippen LogP contribution in [0.1, 0.15) is 32.3 Å². The number of guanidine groups is 1. The number of nitrogens with zero attached hydrogens (tertiary/aromatic N) is 2. The van der Waals surface area contributed by atoms with Gasteiger partial charge in [0.1, 0.15) is 5.82 Å². The molecule has 6 heteroatoms. The van der Waals surface area contributed by atoms with E-state index < -0.39 is 0 Å². The van der Waals surface area contributed by atoms with Crippen molar-refractivity contribution in [1.82, 2.24) is 15.5 Å². The van der Waals surface area contributed by atoms with Crippen molar-refractivity contribution in [3.8, 4) is 0 Å². The van der Waals surface area contributed by atoms with Gasteiger partial charge in [-0.2, -0.15) is 0 Å². The summed E-state index contributed by atoms with van der Waals surface area (Å²) in [7, 11) is 0. The van der Waals surface area contributed by atoms with Crippen LogP contribution in [0.25, 0.3) is 0 Å². The van der Waals surface area contributed by atoms with Gasteiger partial charge in [0.25, 0.3) is 0 Å². The standard InChI is InChI=1S/C18H29FN4.HI/c1-3-20-18(22-13-16-9-5-6-10-17(16)19)21-12-15-8-7-11-23(4-2)14-15;/h5-6,9-10,15H,3-4,7-8,11-14H2,1-2H3,(H2,20,21,22);1H. The van der Waals surface area contributed by atoms with E-state index in [4.69, 9.17) is 0 Å². The predicted molar refractivity (Wildman–Crippen MR) is 109 cm³/mol.